The third-order valence-corrected chi connectivity index (χ3v) is 5.11. The predicted octanol–water partition coefficient (Wildman–Crippen LogP) is 4.23. The zero-order valence-electron chi connectivity index (χ0n) is 12.2. The molecule has 20 heavy (non-hydrogen) atoms. The van der Waals surface area contributed by atoms with Crippen LogP contribution in [0.4, 0.5) is 4.39 Å². The van der Waals surface area contributed by atoms with E-state index in [1.807, 2.05) is 0 Å². The lowest BCUT2D eigenvalue weighted by Crippen LogP contribution is -2.44. The van der Waals surface area contributed by atoms with Gasteiger partial charge in [-0.15, -0.1) is 0 Å². The molecule has 1 N–H and O–H groups in total. The summed E-state index contributed by atoms with van der Waals surface area (Å²) in [6, 6.07) is 4.46. The molecule has 3 heteroatoms. The quantitative estimate of drug-likeness (QED) is 0.833. The summed E-state index contributed by atoms with van der Waals surface area (Å²) in [6.07, 6.45) is 4.27. The first kappa shape index (κ1) is 13.9. The maximum Gasteiger partial charge on any atom is 0.126 e. The molecular weight excluding hydrogens is 255 g/mol. The molecule has 1 spiro atoms. The van der Waals surface area contributed by atoms with Gasteiger partial charge in [-0.25, -0.2) is 4.39 Å². The fourth-order valence-electron chi connectivity index (χ4n) is 3.75. The molecular formula is C17H23FO2. The van der Waals surface area contributed by atoms with Gasteiger partial charge in [0.15, 0.2) is 0 Å². The van der Waals surface area contributed by atoms with Crippen molar-refractivity contribution in [3.63, 3.8) is 0 Å². The fraction of sp³-hybridized carbons (Fsp3) is 0.647. The van der Waals surface area contributed by atoms with Gasteiger partial charge in [0, 0.05) is 12.0 Å². The van der Waals surface area contributed by atoms with Gasteiger partial charge in [-0.05, 0) is 55.7 Å². The highest BCUT2D eigenvalue weighted by Crippen LogP contribution is 2.48. The summed E-state index contributed by atoms with van der Waals surface area (Å²) in [5.74, 6) is 1.82. The molecule has 1 atom stereocenters. The topological polar surface area (TPSA) is 29.5 Å². The van der Waals surface area contributed by atoms with Crippen LogP contribution in [0.1, 0.15) is 57.6 Å². The van der Waals surface area contributed by atoms with Crippen molar-refractivity contribution >= 4 is 0 Å². The molecule has 2 aliphatic rings. The maximum absolute atomic E-state index is 13.3. The Morgan fingerprint density at radius 2 is 2.00 bits per heavy atom. The van der Waals surface area contributed by atoms with Crippen molar-refractivity contribution in [2.45, 2.75) is 57.7 Å². The lowest BCUT2D eigenvalue weighted by atomic mass is 9.71. The summed E-state index contributed by atoms with van der Waals surface area (Å²) in [5, 5.41) is 10.3. The van der Waals surface area contributed by atoms with Crippen molar-refractivity contribution in [3.8, 4) is 5.75 Å². The minimum Gasteiger partial charge on any atom is -0.487 e. The number of halogens is 1. The Labute approximate surface area is 120 Å². The summed E-state index contributed by atoms with van der Waals surface area (Å²) < 4.78 is 19.5. The Bertz CT molecular complexity index is 490. The first-order valence-corrected chi connectivity index (χ1v) is 7.66. The number of hydrogen-bond acceptors (Lipinski definition) is 2. The molecule has 1 heterocycles. The number of ether oxygens (including phenoxy) is 1. The van der Waals surface area contributed by atoms with E-state index in [2.05, 4.69) is 13.8 Å². The van der Waals surface area contributed by atoms with E-state index >= 15 is 0 Å². The SMILES string of the molecule is CC(C)C1CCC2(CC1)C[C@H](O)c1cc(F)ccc1O2. The molecule has 0 amide bonds. The van der Waals surface area contributed by atoms with Crippen LogP contribution in [0, 0.1) is 17.7 Å². The maximum atomic E-state index is 13.3. The van der Waals surface area contributed by atoms with Crippen LogP contribution in [0.2, 0.25) is 0 Å². The Balaban J connectivity index is 1.80. The molecule has 3 rings (SSSR count). The number of aliphatic hydroxyl groups is 1. The highest BCUT2D eigenvalue weighted by molar-refractivity contribution is 5.38. The van der Waals surface area contributed by atoms with E-state index in [1.165, 1.54) is 12.1 Å². The summed E-state index contributed by atoms with van der Waals surface area (Å²) in [6.45, 7) is 4.55. The van der Waals surface area contributed by atoms with E-state index in [1.54, 1.807) is 6.07 Å². The molecule has 0 unspecified atom stereocenters. The first-order chi connectivity index (χ1) is 9.49. The molecule has 0 bridgehead atoms. The normalized spacial score (nSPS) is 33.0. The number of aliphatic hydroxyl groups excluding tert-OH is 1. The van der Waals surface area contributed by atoms with E-state index in [0.717, 1.165) is 31.6 Å². The molecule has 110 valence electrons. The fourth-order valence-corrected chi connectivity index (χ4v) is 3.75. The predicted molar refractivity (Wildman–Crippen MR) is 76.1 cm³/mol. The smallest absolute Gasteiger partial charge is 0.126 e. The van der Waals surface area contributed by atoms with Crippen molar-refractivity contribution in [2.24, 2.45) is 11.8 Å². The molecule has 2 nitrogen and oxygen atoms in total. The molecule has 1 saturated carbocycles. The average molecular weight is 278 g/mol. The van der Waals surface area contributed by atoms with Crippen LogP contribution in [0.3, 0.4) is 0 Å². The Hall–Kier alpha value is -1.09. The van der Waals surface area contributed by atoms with Gasteiger partial charge in [0.05, 0.1) is 6.10 Å². The highest BCUT2D eigenvalue weighted by Gasteiger charge is 2.43. The summed E-state index contributed by atoms with van der Waals surface area (Å²) in [5.41, 5.74) is 0.358. The summed E-state index contributed by atoms with van der Waals surface area (Å²) >= 11 is 0. The Morgan fingerprint density at radius 1 is 1.30 bits per heavy atom. The summed E-state index contributed by atoms with van der Waals surface area (Å²) in [7, 11) is 0. The number of fused-ring (bicyclic) bond motifs is 1. The molecule has 1 aromatic rings. The second-order valence-corrected chi connectivity index (χ2v) is 6.77. The average Bonchev–Trinajstić information content (AvgIpc) is 2.40. The van der Waals surface area contributed by atoms with Crippen LogP contribution in [0.15, 0.2) is 18.2 Å². The van der Waals surface area contributed by atoms with E-state index < -0.39 is 6.10 Å². The van der Waals surface area contributed by atoms with Crippen LogP contribution in [-0.4, -0.2) is 10.7 Å². The Kier molecular flexibility index (Phi) is 3.49. The van der Waals surface area contributed by atoms with E-state index in [0.29, 0.717) is 23.7 Å². The lowest BCUT2D eigenvalue weighted by Gasteiger charge is -2.45. The molecule has 1 aliphatic carbocycles. The zero-order valence-corrected chi connectivity index (χ0v) is 12.2. The van der Waals surface area contributed by atoms with Gasteiger partial charge in [0.1, 0.15) is 17.2 Å². The number of rotatable bonds is 1. The van der Waals surface area contributed by atoms with Crippen LogP contribution >= 0.6 is 0 Å². The third-order valence-electron chi connectivity index (χ3n) is 5.11. The van der Waals surface area contributed by atoms with E-state index in [9.17, 15) is 9.50 Å². The second-order valence-electron chi connectivity index (χ2n) is 6.77. The lowest BCUT2D eigenvalue weighted by molar-refractivity contribution is -0.0505. The monoisotopic (exact) mass is 278 g/mol. The standard InChI is InChI=1S/C17H23FO2/c1-11(2)12-5-7-17(8-6-12)10-15(19)14-9-13(18)3-4-16(14)20-17/h3-4,9,11-12,15,19H,5-8,10H2,1-2H3/t12?,15-,17?/m0/s1. The van der Waals surface area contributed by atoms with Gasteiger partial charge in [-0.1, -0.05) is 13.8 Å². The van der Waals surface area contributed by atoms with Gasteiger partial charge in [0.25, 0.3) is 0 Å². The molecule has 1 aliphatic heterocycles. The summed E-state index contributed by atoms with van der Waals surface area (Å²) in [4.78, 5) is 0. The van der Waals surface area contributed by atoms with Crippen LogP contribution in [0.25, 0.3) is 0 Å². The zero-order chi connectivity index (χ0) is 14.3. The molecule has 0 radical (unpaired) electrons. The van der Waals surface area contributed by atoms with Gasteiger partial charge in [-0.3, -0.25) is 0 Å². The Morgan fingerprint density at radius 3 is 2.65 bits per heavy atom. The van der Waals surface area contributed by atoms with Crippen LogP contribution in [-0.2, 0) is 0 Å². The molecule has 1 aromatic carbocycles. The van der Waals surface area contributed by atoms with Crippen LogP contribution < -0.4 is 4.74 Å². The van der Waals surface area contributed by atoms with Gasteiger partial charge < -0.3 is 9.84 Å². The highest BCUT2D eigenvalue weighted by atomic mass is 19.1. The van der Waals surface area contributed by atoms with Crippen molar-refractivity contribution in [1.29, 1.82) is 0 Å². The minimum atomic E-state index is -0.606. The van der Waals surface area contributed by atoms with Crippen LogP contribution in [0.5, 0.6) is 5.75 Å². The molecule has 1 fully saturated rings. The second kappa shape index (κ2) is 5.03. The van der Waals surface area contributed by atoms with Gasteiger partial charge >= 0.3 is 0 Å². The largest absolute Gasteiger partial charge is 0.487 e. The number of hydrogen-bond donors (Lipinski definition) is 1. The van der Waals surface area contributed by atoms with Crippen molar-refractivity contribution in [1.82, 2.24) is 0 Å². The van der Waals surface area contributed by atoms with Crippen molar-refractivity contribution in [2.75, 3.05) is 0 Å². The number of benzene rings is 1. The van der Waals surface area contributed by atoms with Crippen molar-refractivity contribution < 1.29 is 14.2 Å². The van der Waals surface area contributed by atoms with Crippen molar-refractivity contribution in [3.05, 3.63) is 29.6 Å². The molecule has 0 saturated heterocycles. The van der Waals surface area contributed by atoms with E-state index in [-0.39, 0.29) is 11.4 Å². The van der Waals surface area contributed by atoms with Gasteiger partial charge in [-0.2, -0.15) is 0 Å². The first-order valence-electron chi connectivity index (χ1n) is 7.66. The van der Waals surface area contributed by atoms with E-state index in [4.69, 9.17) is 4.74 Å². The molecule has 0 aromatic heterocycles. The minimum absolute atomic E-state index is 0.240. The van der Waals surface area contributed by atoms with Gasteiger partial charge in [0.2, 0.25) is 0 Å². The third kappa shape index (κ3) is 2.44.